The lowest BCUT2D eigenvalue weighted by Gasteiger charge is -2.25. The molecule has 5 rings (SSSR count). The standard InChI is InChI=1S/C28H23FN2O4/c1-30-16-22(21-5-3-4-6-23(21)30)25-24(26(32)18-9-13-20(35-2)14-10-18)27(33)28(34)31(25)15-17-7-11-19(29)12-8-17/h3-14,16,25,32H,15H2,1-2H3/b26-24+. The van der Waals surface area contributed by atoms with Gasteiger partial charge in [-0.15, -0.1) is 0 Å². The highest BCUT2D eigenvalue weighted by atomic mass is 19.1. The fraction of sp³-hybridized carbons (Fsp3) is 0.143. The second kappa shape index (κ2) is 8.76. The lowest BCUT2D eigenvalue weighted by atomic mass is 9.94. The van der Waals surface area contributed by atoms with E-state index in [0.717, 1.165) is 16.5 Å². The van der Waals surface area contributed by atoms with Gasteiger partial charge in [0.1, 0.15) is 17.3 Å². The summed E-state index contributed by atoms with van der Waals surface area (Å²) in [6.45, 7) is 0.0815. The Balaban J connectivity index is 1.70. The minimum absolute atomic E-state index is 0.0126. The number of halogens is 1. The van der Waals surface area contributed by atoms with Gasteiger partial charge in [0.2, 0.25) is 0 Å². The molecule has 0 aliphatic carbocycles. The number of ketones is 1. The molecule has 3 aromatic carbocycles. The summed E-state index contributed by atoms with van der Waals surface area (Å²) in [6, 6.07) is 19.3. The largest absolute Gasteiger partial charge is 0.507 e. The SMILES string of the molecule is COc1ccc(/C(O)=C2\C(=O)C(=O)N(Cc3ccc(F)cc3)C2c2cn(C)c3ccccc23)cc1. The summed E-state index contributed by atoms with van der Waals surface area (Å²) >= 11 is 0. The Morgan fingerprint density at radius 3 is 2.37 bits per heavy atom. The van der Waals surface area contributed by atoms with Gasteiger partial charge in [-0.1, -0.05) is 30.3 Å². The molecule has 6 nitrogen and oxygen atoms in total. The molecule has 1 aliphatic heterocycles. The number of nitrogens with zero attached hydrogens (tertiary/aromatic N) is 2. The van der Waals surface area contributed by atoms with Crippen molar-refractivity contribution in [3.05, 3.63) is 107 Å². The second-order valence-electron chi connectivity index (χ2n) is 8.49. The quantitative estimate of drug-likeness (QED) is 0.255. The van der Waals surface area contributed by atoms with Crippen molar-refractivity contribution in [2.24, 2.45) is 7.05 Å². The molecule has 176 valence electrons. The third-order valence-electron chi connectivity index (χ3n) is 6.39. The van der Waals surface area contributed by atoms with E-state index >= 15 is 0 Å². The maximum atomic E-state index is 13.5. The lowest BCUT2D eigenvalue weighted by molar-refractivity contribution is -0.140. The van der Waals surface area contributed by atoms with Crippen molar-refractivity contribution in [3.8, 4) is 5.75 Å². The number of ether oxygens (including phenoxy) is 1. The van der Waals surface area contributed by atoms with E-state index in [4.69, 9.17) is 4.74 Å². The zero-order valence-electron chi connectivity index (χ0n) is 19.2. The Morgan fingerprint density at radius 1 is 1.00 bits per heavy atom. The molecule has 35 heavy (non-hydrogen) atoms. The highest BCUT2D eigenvalue weighted by molar-refractivity contribution is 6.46. The first-order valence-electron chi connectivity index (χ1n) is 11.1. The van der Waals surface area contributed by atoms with Crippen molar-refractivity contribution >= 4 is 28.4 Å². The molecule has 0 radical (unpaired) electrons. The highest BCUT2D eigenvalue weighted by Gasteiger charge is 2.47. The number of likely N-dealkylation sites (tertiary alicyclic amines) is 1. The van der Waals surface area contributed by atoms with Gasteiger partial charge in [-0.2, -0.15) is 0 Å². The average molecular weight is 471 g/mol. The minimum Gasteiger partial charge on any atom is -0.507 e. The number of aliphatic hydroxyl groups excluding tert-OH is 1. The van der Waals surface area contributed by atoms with Crippen LogP contribution < -0.4 is 4.74 Å². The summed E-state index contributed by atoms with van der Waals surface area (Å²) in [5, 5.41) is 12.2. The van der Waals surface area contributed by atoms with Crippen LogP contribution in [-0.2, 0) is 23.2 Å². The zero-order valence-corrected chi connectivity index (χ0v) is 19.2. The van der Waals surface area contributed by atoms with Crippen molar-refractivity contribution in [2.45, 2.75) is 12.6 Å². The van der Waals surface area contributed by atoms with Crippen LogP contribution in [0.25, 0.3) is 16.7 Å². The Bertz CT molecular complexity index is 1470. The average Bonchev–Trinajstić information content (AvgIpc) is 3.34. The van der Waals surface area contributed by atoms with Crippen LogP contribution in [0.5, 0.6) is 5.75 Å². The number of fused-ring (bicyclic) bond motifs is 1. The second-order valence-corrected chi connectivity index (χ2v) is 8.49. The number of benzene rings is 3. The van der Waals surface area contributed by atoms with E-state index in [2.05, 4.69) is 0 Å². The van der Waals surface area contributed by atoms with Crippen molar-refractivity contribution in [1.29, 1.82) is 0 Å². The number of carbonyl (C=O) groups is 2. The molecule has 7 heteroatoms. The Labute approximate surface area is 201 Å². The van der Waals surface area contributed by atoms with E-state index in [1.54, 1.807) is 36.4 Å². The van der Waals surface area contributed by atoms with E-state index in [0.29, 0.717) is 16.9 Å². The van der Waals surface area contributed by atoms with Crippen molar-refractivity contribution in [2.75, 3.05) is 7.11 Å². The fourth-order valence-electron chi connectivity index (χ4n) is 4.65. The van der Waals surface area contributed by atoms with Gasteiger partial charge in [-0.25, -0.2) is 4.39 Å². The predicted octanol–water partition coefficient (Wildman–Crippen LogP) is 4.95. The smallest absolute Gasteiger partial charge is 0.295 e. The first kappa shape index (κ1) is 22.4. The zero-order chi connectivity index (χ0) is 24.7. The normalized spacial score (nSPS) is 17.3. The van der Waals surface area contributed by atoms with Gasteiger partial charge in [0.25, 0.3) is 11.7 Å². The van der Waals surface area contributed by atoms with Gasteiger partial charge >= 0.3 is 0 Å². The number of aryl methyl sites for hydroxylation is 1. The number of amides is 1. The Hall–Kier alpha value is -4.39. The number of aromatic nitrogens is 1. The number of para-hydroxylation sites is 1. The number of carbonyl (C=O) groups excluding carboxylic acids is 2. The molecule has 1 aromatic heterocycles. The van der Waals surface area contributed by atoms with Crippen LogP contribution in [0.2, 0.25) is 0 Å². The highest BCUT2D eigenvalue weighted by Crippen LogP contribution is 2.43. The van der Waals surface area contributed by atoms with Gasteiger partial charge in [-0.3, -0.25) is 9.59 Å². The summed E-state index contributed by atoms with van der Waals surface area (Å²) in [5.74, 6) is -1.53. The number of aliphatic hydroxyl groups is 1. The van der Waals surface area contributed by atoms with Gasteiger partial charge in [0.15, 0.2) is 0 Å². The van der Waals surface area contributed by atoms with Crippen LogP contribution in [0.15, 0.2) is 84.6 Å². The molecule has 4 aromatic rings. The number of Topliss-reactive ketones (excluding diaryl/α,β-unsaturated/α-hetero) is 1. The molecule has 0 bridgehead atoms. The molecule has 0 spiro atoms. The van der Waals surface area contributed by atoms with E-state index in [1.807, 2.05) is 42.1 Å². The third-order valence-corrected chi connectivity index (χ3v) is 6.39. The number of rotatable bonds is 5. The number of methoxy groups -OCH3 is 1. The first-order chi connectivity index (χ1) is 16.9. The van der Waals surface area contributed by atoms with E-state index in [9.17, 15) is 19.1 Å². The first-order valence-corrected chi connectivity index (χ1v) is 11.1. The molecule has 1 amide bonds. The summed E-state index contributed by atoms with van der Waals surface area (Å²) in [5.41, 5.74) is 2.73. The Kier molecular flexibility index (Phi) is 5.61. The topological polar surface area (TPSA) is 71.8 Å². The van der Waals surface area contributed by atoms with Crippen LogP contribution in [0, 0.1) is 5.82 Å². The van der Waals surface area contributed by atoms with Crippen LogP contribution >= 0.6 is 0 Å². The molecule has 1 N–H and O–H groups in total. The molecule has 1 saturated heterocycles. The molecule has 2 heterocycles. The van der Waals surface area contributed by atoms with Gasteiger partial charge in [0.05, 0.1) is 18.7 Å². The van der Waals surface area contributed by atoms with E-state index in [1.165, 1.54) is 24.1 Å². The van der Waals surface area contributed by atoms with Crippen LogP contribution in [0.4, 0.5) is 4.39 Å². The van der Waals surface area contributed by atoms with Crippen molar-refractivity contribution in [3.63, 3.8) is 0 Å². The molecule has 1 aliphatic rings. The van der Waals surface area contributed by atoms with Gasteiger partial charge in [0, 0.05) is 41.8 Å². The summed E-state index contributed by atoms with van der Waals surface area (Å²) in [6.07, 6.45) is 1.88. The fourth-order valence-corrected chi connectivity index (χ4v) is 4.65. The summed E-state index contributed by atoms with van der Waals surface area (Å²) in [4.78, 5) is 28.0. The van der Waals surface area contributed by atoms with Crippen molar-refractivity contribution in [1.82, 2.24) is 9.47 Å². The number of hydrogen-bond acceptors (Lipinski definition) is 4. The van der Waals surface area contributed by atoms with E-state index in [-0.39, 0.29) is 23.7 Å². The molecule has 0 saturated carbocycles. The third kappa shape index (κ3) is 3.85. The molecule has 1 fully saturated rings. The summed E-state index contributed by atoms with van der Waals surface area (Å²) < 4.78 is 20.6. The summed E-state index contributed by atoms with van der Waals surface area (Å²) in [7, 11) is 3.43. The molecular weight excluding hydrogens is 447 g/mol. The number of hydrogen-bond donors (Lipinski definition) is 1. The monoisotopic (exact) mass is 470 g/mol. The van der Waals surface area contributed by atoms with Gasteiger partial charge in [-0.05, 0) is 48.0 Å². The van der Waals surface area contributed by atoms with E-state index < -0.39 is 17.7 Å². The van der Waals surface area contributed by atoms with Crippen LogP contribution in [0.1, 0.15) is 22.7 Å². The minimum atomic E-state index is -0.826. The predicted molar refractivity (Wildman–Crippen MR) is 130 cm³/mol. The molecule has 1 atom stereocenters. The van der Waals surface area contributed by atoms with Crippen LogP contribution in [0.3, 0.4) is 0 Å². The van der Waals surface area contributed by atoms with Crippen molar-refractivity contribution < 1.29 is 23.8 Å². The van der Waals surface area contributed by atoms with Gasteiger partial charge < -0.3 is 19.3 Å². The van der Waals surface area contributed by atoms with Crippen LogP contribution in [-0.4, -0.2) is 33.4 Å². The molecule has 1 unspecified atom stereocenters. The Morgan fingerprint density at radius 2 is 1.69 bits per heavy atom. The molecular formula is C28H23FN2O4. The maximum absolute atomic E-state index is 13.5. The lowest BCUT2D eigenvalue weighted by Crippen LogP contribution is -2.29. The maximum Gasteiger partial charge on any atom is 0.295 e.